The molecule has 232 valence electrons. The van der Waals surface area contributed by atoms with Crippen LogP contribution in [0.15, 0.2) is 59.5 Å². The van der Waals surface area contributed by atoms with Crippen molar-refractivity contribution in [1.82, 2.24) is 28.9 Å². The van der Waals surface area contributed by atoms with Gasteiger partial charge in [0.2, 0.25) is 5.78 Å². The molecule has 4 aromatic rings. The average Bonchev–Trinajstić information content (AvgIpc) is 3.71. The quantitative estimate of drug-likeness (QED) is 0.140. The summed E-state index contributed by atoms with van der Waals surface area (Å²) >= 11 is 0.335. The van der Waals surface area contributed by atoms with E-state index in [1.54, 1.807) is 40.9 Å². The first kappa shape index (κ1) is 30.4. The Kier molecular flexibility index (Phi) is 7.45. The molecule has 0 spiro atoms. The van der Waals surface area contributed by atoms with Crippen LogP contribution in [0.2, 0.25) is 0 Å². The minimum absolute atomic E-state index is 0.169. The summed E-state index contributed by atoms with van der Waals surface area (Å²) in [5.74, 6) is 3.22. The van der Waals surface area contributed by atoms with Crippen molar-refractivity contribution >= 4 is 38.8 Å². The Labute approximate surface area is 256 Å². The highest BCUT2D eigenvalue weighted by Gasteiger charge is 2.52. The number of carbonyl (C=O) groups is 1. The molecule has 1 aromatic carbocycles. The van der Waals surface area contributed by atoms with Crippen LogP contribution in [-0.4, -0.2) is 56.8 Å². The van der Waals surface area contributed by atoms with Crippen molar-refractivity contribution in [1.29, 1.82) is 0 Å². The monoisotopic (exact) mass is 646 g/mol. The highest BCUT2D eigenvalue weighted by molar-refractivity contribution is 7.98. The van der Waals surface area contributed by atoms with Crippen LogP contribution in [0, 0.1) is 11.2 Å². The Bertz CT molecular complexity index is 1870. The second kappa shape index (κ2) is 10.8. The number of halogens is 4. The topological polar surface area (TPSA) is 85.9 Å². The highest BCUT2D eigenvalue weighted by atomic mass is 32.2. The minimum atomic E-state index is -4.63. The van der Waals surface area contributed by atoms with Crippen molar-refractivity contribution < 1.29 is 26.6 Å². The number of aromatic nitrogens is 5. The van der Waals surface area contributed by atoms with E-state index < -0.39 is 38.0 Å². The number of Topliss-reactive ketones (excluding diaryl/α,β-unsaturated/α-hetero) is 1. The number of hydrogen-bond donors (Lipinski definition) is 0. The maximum atomic E-state index is 14.4. The van der Waals surface area contributed by atoms with E-state index in [1.165, 1.54) is 18.3 Å². The van der Waals surface area contributed by atoms with Crippen molar-refractivity contribution in [3.63, 3.8) is 0 Å². The summed E-state index contributed by atoms with van der Waals surface area (Å²) in [6.07, 6.45) is 4.09. The number of thiazole rings is 1. The molecule has 1 saturated carbocycles. The number of nitrogens with zero attached hydrogens (tertiary/aromatic N) is 6. The Morgan fingerprint density at radius 3 is 2.52 bits per heavy atom. The summed E-state index contributed by atoms with van der Waals surface area (Å²) in [5, 5.41) is 8.47. The van der Waals surface area contributed by atoms with E-state index in [-0.39, 0.29) is 29.7 Å². The molecule has 0 amide bonds. The molecule has 2 aliphatic carbocycles. The summed E-state index contributed by atoms with van der Waals surface area (Å²) in [4.78, 5) is 17.9. The number of carbonyl (C=O) groups excluding carboxylic acids is 1. The smallest absolute Gasteiger partial charge is 0.290 e. The Balaban J connectivity index is 1.45. The fraction of sp³-hybridized carbons (Fsp3) is 0.367. The van der Waals surface area contributed by atoms with Crippen LogP contribution in [0.25, 0.3) is 11.8 Å². The van der Waals surface area contributed by atoms with E-state index in [0.29, 0.717) is 41.0 Å². The van der Waals surface area contributed by atoms with E-state index >= 15 is 0 Å². The molecule has 3 atom stereocenters. The number of ketones is 1. The Morgan fingerprint density at radius 2 is 1.91 bits per heavy atom. The number of aryl methyl sites for hydroxylation is 1. The summed E-state index contributed by atoms with van der Waals surface area (Å²) in [7, 11) is -1.31. The van der Waals surface area contributed by atoms with Gasteiger partial charge < -0.3 is 0 Å². The zero-order chi connectivity index (χ0) is 31.6. The minimum Gasteiger partial charge on any atom is -0.290 e. The second-order valence-corrected chi connectivity index (χ2v) is 14.8. The fourth-order valence-corrected chi connectivity index (χ4v) is 9.43. The van der Waals surface area contributed by atoms with Crippen LogP contribution in [0.4, 0.5) is 17.6 Å². The largest absolute Gasteiger partial charge is 0.427 e. The third-order valence-electron chi connectivity index (χ3n) is 8.38. The highest BCUT2D eigenvalue weighted by Crippen LogP contribution is 2.52. The number of fused-ring (bicyclic) bond motifs is 2. The van der Waals surface area contributed by atoms with Crippen LogP contribution in [-0.2, 0) is 29.4 Å². The van der Waals surface area contributed by atoms with Crippen LogP contribution in [0.3, 0.4) is 0 Å². The predicted molar refractivity (Wildman–Crippen MR) is 160 cm³/mol. The number of benzene rings is 1. The maximum absolute atomic E-state index is 14.4. The lowest BCUT2D eigenvalue weighted by atomic mass is 9.61. The Hall–Kier alpha value is -3.62. The molecule has 0 N–H and O–H groups in total. The molecule has 3 aromatic heterocycles. The first-order chi connectivity index (χ1) is 20.7. The van der Waals surface area contributed by atoms with Gasteiger partial charge in [0.15, 0.2) is 5.01 Å². The molecule has 0 saturated heterocycles. The standard InChI is InChI=1S/C30H30F4N6O2S2/c1-18(2)40(44(4,42)24-15-36-38(3)17-24)23-8-5-20-11-25-19(14-37-39(25)22-9-6-21(31)7-10-22)12-29(20,13-23)27(41)28-35-16-26(43-28)30(32,33)34/h6-7,9-11,14-18,23H,4-5,8,12-13H2,1-3H3/t23-,29-,44?/m0/s1. The lowest BCUT2D eigenvalue weighted by Gasteiger charge is -2.48. The van der Waals surface area contributed by atoms with Crippen molar-refractivity contribution in [3.8, 4) is 5.69 Å². The van der Waals surface area contributed by atoms with E-state index in [9.17, 15) is 26.6 Å². The van der Waals surface area contributed by atoms with Crippen LogP contribution in [0.1, 0.15) is 59.0 Å². The lowest BCUT2D eigenvalue weighted by Crippen LogP contribution is -2.52. The van der Waals surface area contributed by atoms with E-state index in [0.717, 1.165) is 16.8 Å². The first-order valence-corrected chi connectivity index (χ1v) is 16.5. The van der Waals surface area contributed by atoms with Gasteiger partial charge in [0.1, 0.15) is 10.7 Å². The maximum Gasteiger partial charge on any atom is 0.427 e. The van der Waals surface area contributed by atoms with Gasteiger partial charge in [0.05, 0.1) is 50.0 Å². The number of hydrogen-bond acceptors (Lipinski definition) is 6. The van der Waals surface area contributed by atoms with Gasteiger partial charge in [-0.25, -0.2) is 22.6 Å². The lowest BCUT2D eigenvalue weighted by molar-refractivity contribution is -0.134. The molecule has 0 bridgehead atoms. The summed E-state index contributed by atoms with van der Waals surface area (Å²) in [5.41, 5.74) is 1.58. The molecule has 0 radical (unpaired) electrons. The van der Waals surface area contributed by atoms with E-state index in [4.69, 9.17) is 0 Å². The van der Waals surface area contributed by atoms with Crippen molar-refractivity contribution in [2.24, 2.45) is 12.5 Å². The van der Waals surface area contributed by atoms with Gasteiger partial charge in [-0.3, -0.25) is 9.48 Å². The predicted octanol–water partition coefficient (Wildman–Crippen LogP) is 5.98. The van der Waals surface area contributed by atoms with E-state index in [2.05, 4.69) is 21.1 Å². The van der Waals surface area contributed by atoms with Gasteiger partial charge >= 0.3 is 6.18 Å². The van der Waals surface area contributed by atoms with E-state index in [1.807, 2.05) is 24.2 Å². The molecule has 44 heavy (non-hydrogen) atoms. The van der Waals surface area contributed by atoms with Gasteiger partial charge in [-0.1, -0.05) is 5.57 Å². The summed E-state index contributed by atoms with van der Waals surface area (Å²) in [6.45, 7) is 3.81. The van der Waals surface area contributed by atoms with Gasteiger partial charge in [0, 0.05) is 25.3 Å². The summed E-state index contributed by atoms with van der Waals surface area (Å²) in [6, 6.07) is 5.24. The molecular formula is C30H30F4N6O2S2. The molecule has 0 aliphatic heterocycles. The van der Waals surface area contributed by atoms with Crippen LogP contribution in [0.5, 0.6) is 0 Å². The first-order valence-electron chi connectivity index (χ1n) is 14.0. The summed E-state index contributed by atoms with van der Waals surface area (Å²) < 4.78 is 73.6. The van der Waals surface area contributed by atoms with Gasteiger partial charge in [-0.15, -0.1) is 11.3 Å². The third kappa shape index (κ3) is 5.12. The molecule has 6 rings (SSSR count). The zero-order valence-electron chi connectivity index (χ0n) is 24.2. The molecule has 3 heterocycles. The molecule has 14 heteroatoms. The molecule has 1 fully saturated rings. The van der Waals surface area contributed by atoms with Crippen molar-refractivity contribution in [2.75, 3.05) is 0 Å². The van der Waals surface area contributed by atoms with Gasteiger partial charge in [-0.05, 0) is 81.3 Å². The number of rotatable bonds is 7. The SMILES string of the molecule is C=S(=O)(c1cnn(C)c1)N(C(C)C)[C@H]1CCC2=Cc3c(cnn3-c3ccc(F)cc3)C[C@]2(C(=O)c2ncc(C(F)(F)F)s2)C1. The molecular weight excluding hydrogens is 616 g/mol. The third-order valence-corrected chi connectivity index (χ3v) is 11.8. The number of alkyl halides is 3. The van der Waals surface area contributed by atoms with Gasteiger partial charge in [0.25, 0.3) is 0 Å². The van der Waals surface area contributed by atoms with Crippen LogP contribution < -0.4 is 0 Å². The molecule has 8 nitrogen and oxygen atoms in total. The molecule has 1 unspecified atom stereocenters. The van der Waals surface area contributed by atoms with Crippen LogP contribution >= 0.6 is 11.3 Å². The van der Waals surface area contributed by atoms with Crippen molar-refractivity contribution in [2.45, 2.75) is 62.7 Å². The second-order valence-electron chi connectivity index (χ2n) is 11.6. The fourth-order valence-electron chi connectivity index (χ4n) is 6.49. The molecule has 2 aliphatic rings. The number of allylic oxidation sites excluding steroid dienone is 1. The van der Waals surface area contributed by atoms with Gasteiger partial charge in [-0.2, -0.15) is 23.4 Å². The Morgan fingerprint density at radius 1 is 1.18 bits per heavy atom. The average molecular weight is 647 g/mol. The zero-order valence-corrected chi connectivity index (χ0v) is 25.8. The van der Waals surface area contributed by atoms with Crippen molar-refractivity contribution in [3.05, 3.63) is 81.6 Å². The normalized spacial score (nSPS) is 21.6.